The van der Waals surface area contributed by atoms with Crippen molar-refractivity contribution in [2.24, 2.45) is 5.92 Å². The number of aromatic nitrogens is 1. The number of rotatable bonds is 5. The predicted molar refractivity (Wildman–Crippen MR) is 147 cm³/mol. The van der Waals surface area contributed by atoms with Gasteiger partial charge in [-0.3, -0.25) is 14.7 Å². The molecular weight excluding hydrogens is 494 g/mol. The second-order valence-electron chi connectivity index (χ2n) is 11.9. The maximum atomic E-state index is 13.3. The molecule has 8 heteroatoms. The zero-order valence-electron chi connectivity index (χ0n) is 22.1. The largest absolute Gasteiger partial charge is 0.508 e. The van der Waals surface area contributed by atoms with E-state index >= 15 is 0 Å². The van der Waals surface area contributed by atoms with Gasteiger partial charge in [-0.2, -0.15) is 0 Å². The van der Waals surface area contributed by atoms with Crippen LogP contribution in [0.15, 0.2) is 60.0 Å². The Morgan fingerprint density at radius 2 is 2.03 bits per heavy atom. The number of anilines is 1. The average molecular weight is 528 g/mol. The number of fused-ring (bicyclic) bond motifs is 2. The van der Waals surface area contributed by atoms with E-state index in [1.807, 2.05) is 43.3 Å². The molecule has 1 aromatic heterocycles. The van der Waals surface area contributed by atoms with Gasteiger partial charge in [-0.05, 0) is 75.8 Å². The molecule has 39 heavy (non-hydrogen) atoms. The van der Waals surface area contributed by atoms with Gasteiger partial charge in [0.2, 0.25) is 0 Å². The summed E-state index contributed by atoms with van der Waals surface area (Å²) < 4.78 is 6.32. The lowest BCUT2D eigenvalue weighted by molar-refractivity contribution is -0.153. The third kappa shape index (κ3) is 3.51. The Balaban J connectivity index is 1.27. The normalized spacial score (nSPS) is 29.9. The van der Waals surface area contributed by atoms with E-state index in [2.05, 4.69) is 15.2 Å². The highest BCUT2D eigenvalue weighted by Crippen LogP contribution is 2.63. The van der Waals surface area contributed by atoms with Crippen molar-refractivity contribution in [3.8, 4) is 11.5 Å². The first kappa shape index (κ1) is 24.4. The first-order valence-electron chi connectivity index (χ1n) is 13.7. The summed E-state index contributed by atoms with van der Waals surface area (Å²) in [4.78, 5) is 20.1. The molecule has 3 heterocycles. The number of phenolic OH excluding ortho intramolecular Hbond substituents is 1. The van der Waals surface area contributed by atoms with Gasteiger partial charge in [0, 0.05) is 23.5 Å². The summed E-state index contributed by atoms with van der Waals surface area (Å²) >= 11 is 0. The van der Waals surface area contributed by atoms with E-state index in [1.54, 1.807) is 19.2 Å². The number of nitrogens with one attached hydrogen (secondary N) is 1. The minimum Gasteiger partial charge on any atom is -0.508 e. The molecule has 2 aromatic carbocycles. The molecule has 2 fully saturated rings. The maximum absolute atomic E-state index is 13.3. The van der Waals surface area contributed by atoms with Gasteiger partial charge in [0.25, 0.3) is 5.91 Å². The number of piperidine rings is 1. The quantitative estimate of drug-likeness (QED) is 0.290. The van der Waals surface area contributed by atoms with Gasteiger partial charge in [0.05, 0.1) is 34.0 Å². The molecule has 1 saturated heterocycles. The molecule has 7 rings (SSSR count). The zero-order valence-corrected chi connectivity index (χ0v) is 22.1. The summed E-state index contributed by atoms with van der Waals surface area (Å²) in [6, 6.07) is 12.8. The highest BCUT2D eigenvalue weighted by Gasteiger charge is 2.69. The van der Waals surface area contributed by atoms with Crippen LogP contribution in [0.2, 0.25) is 0 Å². The molecule has 202 valence electrons. The Labute approximate surface area is 226 Å². The van der Waals surface area contributed by atoms with Crippen molar-refractivity contribution in [2.45, 2.75) is 62.7 Å². The van der Waals surface area contributed by atoms with Crippen molar-refractivity contribution in [3.05, 3.63) is 71.1 Å². The van der Waals surface area contributed by atoms with Gasteiger partial charge in [0.1, 0.15) is 5.76 Å². The monoisotopic (exact) mass is 527 g/mol. The van der Waals surface area contributed by atoms with Crippen LogP contribution in [0.1, 0.15) is 44.2 Å². The number of para-hydroxylation sites is 1. The van der Waals surface area contributed by atoms with Crippen molar-refractivity contribution >= 4 is 22.5 Å². The Hall–Kier alpha value is -3.62. The summed E-state index contributed by atoms with van der Waals surface area (Å²) in [7, 11) is 0. The van der Waals surface area contributed by atoms with Crippen LogP contribution in [0.5, 0.6) is 11.5 Å². The number of hydrogen-bond donors (Lipinski definition) is 4. The smallest absolute Gasteiger partial charge is 0.254 e. The Morgan fingerprint density at radius 1 is 1.23 bits per heavy atom. The third-order valence-corrected chi connectivity index (χ3v) is 9.56. The van der Waals surface area contributed by atoms with E-state index in [0.717, 1.165) is 35.1 Å². The topological polar surface area (TPSA) is 115 Å². The van der Waals surface area contributed by atoms with Crippen LogP contribution in [0, 0.1) is 5.92 Å². The van der Waals surface area contributed by atoms with Crippen LogP contribution in [0.25, 0.3) is 10.9 Å². The van der Waals surface area contributed by atoms with Crippen LogP contribution >= 0.6 is 0 Å². The predicted octanol–water partition coefficient (Wildman–Crippen LogP) is 4.20. The molecule has 0 unspecified atom stereocenters. The molecule has 4 atom stereocenters. The second-order valence-corrected chi connectivity index (χ2v) is 11.9. The molecule has 2 aliphatic heterocycles. The summed E-state index contributed by atoms with van der Waals surface area (Å²) in [6.07, 6.45) is 4.19. The van der Waals surface area contributed by atoms with E-state index in [0.29, 0.717) is 30.2 Å². The van der Waals surface area contributed by atoms with Crippen molar-refractivity contribution in [3.63, 3.8) is 0 Å². The number of aliphatic hydroxyl groups is 2. The zero-order chi connectivity index (χ0) is 27.1. The molecule has 0 radical (unpaired) electrons. The fraction of sp³-hybridized carbons (Fsp3) is 0.419. The number of ether oxygens (including phenoxy) is 1. The lowest BCUT2D eigenvalue weighted by Crippen LogP contribution is -2.73. The number of hydrogen-bond acceptors (Lipinski definition) is 7. The third-order valence-electron chi connectivity index (χ3n) is 9.56. The number of likely N-dealkylation sites (tertiary alicyclic amines) is 1. The molecule has 2 aliphatic carbocycles. The maximum Gasteiger partial charge on any atom is 0.254 e. The van der Waals surface area contributed by atoms with Crippen molar-refractivity contribution in [1.29, 1.82) is 0 Å². The molecule has 8 nitrogen and oxygen atoms in total. The lowest BCUT2D eigenvalue weighted by Gasteiger charge is -2.59. The molecule has 1 amide bonds. The summed E-state index contributed by atoms with van der Waals surface area (Å²) in [5.74, 6) is 0.224. The number of aromatic hydroxyl groups is 1. The Morgan fingerprint density at radius 3 is 2.82 bits per heavy atom. The Bertz CT molecular complexity index is 1540. The average Bonchev–Trinajstić information content (AvgIpc) is 3.66. The Kier molecular flexibility index (Phi) is 5.28. The lowest BCUT2D eigenvalue weighted by atomic mass is 9.53. The van der Waals surface area contributed by atoms with Crippen LogP contribution in [0.3, 0.4) is 0 Å². The van der Waals surface area contributed by atoms with E-state index < -0.39 is 23.0 Å². The highest BCUT2D eigenvalue weighted by molar-refractivity contribution is 6.04. The minimum absolute atomic E-state index is 0.0255. The summed E-state index contributed by atoms with van der Waals surface area (Å²) in [5, 5.41) is 38.5. The van der Waals surface area contributed by atoms with Crippen LogP contribution in [-0.2, 0) is 16.6 Å². The highest BCUT2D eigenvalue weighted by atomic mass is 16.5. The SMILES string of the molecule is C/C(C(=O)Nc1cnc2ccccc2c1)=C(/O)[C@@H]1Oc2c(O)ccc3c2[C@@]12CCN(CC1CC1)[C@H](C3)[C@@]2(C)O. The summed E-state index contributed by atoms with van der Waals surface area (Å²) in [5.41, 5.74) is 0.934. The number of carbonyl (C=O) groups is 1. The van der Waals surface area contributed by atoms with Gasteiger partial charge < -0.3 is 25.4 Å². The van der Waals surface area contributed by atoms with E-state index in [4.69, 9.17) is 4.74 Å². The van der Waals surface area contributed by atoms with Crippen molar-refractivity contribution < 1.29 is 24.9 Å². The first-order chi connectivity index (χ1) is 18.7. The van der Waals surface area contributed by atoms with Gasteiger partial charge >= 0.3 is 0 Å². The number of phenols is 1. The van der Waals surface area contributed by atoms with Crippen LogP contribution < -0.4 is 10.1 Å². The van der Waals surface area contributed by atoms with Crippen LogP contribution in [-0.4, -0.2) is 61.9 Å². The number of pyridine rings is 1. The fourth-order valence-electron chi connectivity index (χ4n) is 7.25. The van der Waals surface area contributed by atoms with Crippen molar-refractivity contribution in [2.75, 3.05) is 18.4 Å². The molecule has 4 N–H and O–H groups in total. The minimum atomic E-state index is -1.26. The summed E-state index contributed by atoms with van der Waals surface area (Å²) in [6.45, 7) is 5.08. The number of nitrogens with zero attached hydrogens (tertiary/aromatic N) is 2. The van der Waals surface area contributed by atoms with Gasteiger partial charge in [-0.1, -0.05) is 24.3 Å². The molecule has 1 spiro atoms. The number of benzene rings is 2. The van der Waals surface area contributed by atoms with Gasteiger partial charge in [0.15, 0.2) is 17.6 Å². The number of amides is 1. The fourth-order valence-corrected chi connectivity index (χ4v) is 7.25. The van der Waals surface area contributed by atoms with E-state index in [9.17, 15) is 20.1 Å². The standard InChI is InChI=1S/C31H33N3O5/c1-17(29(37)33-21-13-19-5-3-4-6-22(19)32-15-21)26(36)28-31-11-12-34(16-18-7-8-18)24(30(31,2)38)14-20-9-10-23(35)27(39-28)25(20)31/h3-6,9-10,13,15,18,24,28,35-36,38H,7-8,11-12,14,16H2,1-2H3,(H,33,37)/b26-17-/t24-,28+,30-,31+/m1/s1. The molecule has 4 aliphatic rings. The van der Waals surface area contributed by atoms with E-state index in [1.165, 1.54) is 12.8 Å². The second kappa shape index (κ2) is 8.44. The van der Waals surface area contributed by atoms with Crippen molar-refractivity contribution in [1.82, 2.24) is 9.88 Å². The molecule has 1 saturated carbocycles. The first-order valence-corrected chi connectivity index (χ1v) is 13.7. The number of carbonyl (C=O) groups excluding carboxylic acids is 1. The van der Waals surface area contributed by atoms with Crippen LogP contribution in [0.4, 0.5) is 5.69 Å². The number of aliphatic hydroxyl groups excluding tert-OH is 1. The van der Waals surface area contributed by atoms with E-state index in [-0.39, 0.29) is 23.1 Å². The molecular formula is C31H33N3O5. The molecule has 3 aromatic rings. The van der Waals surface area contributed by atoms with Gasteiger partial charge in [-0.25, -0.2) is 0 Å². The van der Waals surface area contributed by atoms with Gasteiger partial charge in [-0.15, -0.1) is 0 Å². The molecule has 2 bridgehead atoms.